The molecule has 8 rings (SSSR count). The first-order chi connectivity index (χ1) is 65.9. The summed E-state index contributed by atoms with van der Waals surface area (Å²) in [6.45, 7) is 7.91. The molecule has 56 nitrogen and oxygen atoms in total. The van der Waals surface area contributed by atoms with Gasteiger partial charge in [-0.1, -0.05) is 76.5 Å². The number of azide groups is 1. The lowest BCUT2D eigenvalue weighted by Crippen LogP contribution is -2.32. The van der Waals surface area contributed by atoms with Gasteiger partial charge in [0.15, 0.2) is 0 Å². The predicted molar refractivity (Wildman–Crippen MR) is 479 cm³/mol. The highest BCUT2D eigenvalue weighted by Gasteiger charge is 2.44. The van der Waals surface area contributed by atoms with Crippen LogP contribution in [0, 0.1) is 23.7 Å². The molecule has 768 valence electrons. The lowest BCUT2D eigenvalue weighted by atomic mass is 9.95. The highest BCUT2D eigenvalue weighted by molar-refractivity contribution is 7.67. The Morgan fingerprint density at radius 1 is 0.507 bits per heavy atom. The fourth-order valence-electron chi connectivity index (χ4n) is 12.4. The highest BCUT2D eigenvalue weighted by atomic mass is 31.3. The van der Waals surface area contributed by atoms with Crippen molar-refractivity contribution >= 4 is 87.9 Å². The number of phosphoric acid groups is 6. The van der Waals surface area contributed by atoms with Gasteiger partial charge in [-0.05, 0) is 55.7 Å². The molecule has 3 aromatic heterocycles. The largest absolute Gasteiger partial charge is 0.490 e. The van der Waals surface area contributed by atoms with Crippen LogP contribution in [-0.2, 0) is 152 Å². The van der Waals surface area contributed by atoms with E-state index in [4.69, 9.17) is 103 Å². The number of carbonyl (C=O) groups is 4. The summed E-state index contributed by atoms with van der Waals surface area (Å²) in [6.07, 6.45) is 1.28. The molecule has 8 atom stereocenters. The second-order valence-corrected chi connectivity index (χ2v) is 37.7. The Labute approximate surface area is 790 Å². The lowest BCUT2D eigenvalue weighted by molar-refractivity contribution is -0.122. The van der Waals surface area contributed by atoms with Crippen molar-refractivity contribution < 1.29 is 178 Å². The summed E-state index contributed by atoms with van der Waals surface area (Å²) in [5, 5.41) is 20.6. The Balaban J connectivity index is 0.000000439. The van der Waals surface area contributed by atoms with E-state index in [0.717, 1.165) is 37.2 Å². The normalized spacial score (nSPS) is 16.9. The fraction of sp³-hybridized carbons (Fsp3) is 0.605. The summed E-state index contributed by atoms with van der Waals surface area (Å²) >= 11 is 0. The van der Waals surface area contributed by atoms with Gasteiger partial charge in [-0.3, -0.25) is 37.4 Å². The number of anilines is 3. The number of fused-ring (bicyclic) bond motifs is 5. The van der Waals surface area contributed by atoms with Crippen LogP contribution in [0.3, 0.4) is 0 Å². The number of para-hydroxylation sites is 1. The van der Waals surface area contributed by atoms with Crippen LogP contribution in [0.2, 0.25) is 0 Å². The van der Waals surface area contributed by atoms with E-state index in [1.54, 1.807) is 12.0 Å². The van der Waals surface area contributed by atoms with Crippen LogP contribution < -0.4 is 43.7 Å². The average molecular weight is 2080 g/mol. The second kappa shape index (κ2) is 62.0. The van der Waals surface area contributed by atoms with Crippen LogP contribution in [0.1, 0.15) is 93.4 Å². The Morgan fingerprint density at radius 3 is 1.38 bits per heavy atom. The van der Waals surface area contributed by atoms with Gasteiger partial charge < -0.3 is 138 Å². The van der Waals surface area contributed by atoms with Gasteiger partial charge in [-0.25, -0.2) is 41.7 Å². The van der Waals surface area contributed by atoms with Crippen LogP contribution in [0.25, 0.3) is 33.0 Å². The summed E-state index contributed by atoms with van der Waals surface area (Å²) in [5.74, 6) is 9.65. The van der Waals surface area contributed by atoms with E-state index in [0.29, 0.717) is 164 Å². The number of phosphoric ester groups is 2. The summed E-state index contributed by atoms with van der Waals surface area (Å²) in [4.78, 5) is 160. The third-order valence-corrected chi connectivity index (χ3v) is 26.1. The number of rotatable bonds is 65. The highest BCUT2D eigenvalue weighted by Crippen LogP contribution is 2.67. The van der Waals surface area contributed by atoms with Gasteiger partial charge in [0.25, 0.3) is 0 Å². The zero-order chi connectivity index (χ0) is 100. The molecule has 2 saturated heterocycles. The molecule has 138 heavy (non-hydrogen) atoms. The molecule has 4 unspecified atom stereocenters. The molecular formula is C76H114N16O40P6. The number of nitrogen functional groups attached to an aromatic ring is 2. The maximum Gasteiger partial charge on any atom is 0.490 e. The molecule has 2 fully saturated rings. The summed E-state index contributed by atoms with van der Waals surface area (Å²) in [7, 11) is -31.6. The lowest BCUT2D eigenvalue weighted by Gasteiger charge is -2.28. The van der Waals surface area contributed by atoms with Gasteiger partial charge >= 0.3 is 58.3 Å². The standard InChI is InChI=1S/C53H76N9O23P3.C23H38N7O17P3/c1-74-25-26-78-33-34-80-31-28-76-23-20-56-46(63)14-6-7-15-48(65)60-37-40-9-2-3-11-43(40)51-50(44-12-4-5-13-45(44)60)58-59-62(51)21-24-77-29-32-81-36-35-79-30-27-75-22-18-47(64)55-19-8-10-41-38-61(53(66)57-52(41)54)49-17-16-42(83-49)39-82-87(70,71)85-88(72,73)84-86(67,68)69;24-22-18(2-1-6-26-20(31)5-8-40-10-12-42-14-15-43-13-11-41-9-7-27-29-25)16-30(23(32)28-22)21-4-3-19(45-21)17-44-49(36,37)47-50(38,39)46-48(33,34)35/h2-5,9,11-13,38,42,49H,6-7,14-37,39H2,1H3,(H,55,64)(H,56,63)(H,70,71)(H,72,73)(H2,54,57,66)(H2,67,68,69);16,19,21H,3-15,17H2,(H,26,31)(H,36,37)(H,38,39)(H2,24,28,32)(H2,33,34,35)/t42-,49+;19-,21+/m00/s1. The number of carbonyl (C=O) groups excluding carboxylic acids is 4. The number of amides is 4. The van der Waals surface area contributed by atoms with Crippen LogP contribution in [0.4, 0.5) is 17.3 Å². The molecule has 62 heteroatoms. The van der Waals surface area contributed by atoms with Crippen LogP contribution in [0.15, 0.2) is 75.6 Å². The van der Waals surface area contributed by atoms with Gasteiger partial charge in [0, 0.05) is 74.3 Å². The third kappa shape index (κ3) is 46.5. The number of benzene rings is 2. The second-order valence-electron chi connectivity index (χ2n) is 28.9. The van der Waals surface area contributed by atoms with Crippen LogP contribution in [0.5, 0.6) is 0 Å². The predicted octanol–water partition coefficient (Wildman–Crippen LogP) is 2.70. The van der Waals surface area contributed by atoms with Crippen molar-refractivity contribution in [1.82, 2.24) is 50.0 Å². The fourth-order valence-corrected chi connectivity index (χ4v) is 18.5. The van der Waals surface area contributed by atoms with Gasteiger partial charge in [-0.2, -0.15) is 27.2 Å². The van der Waals surface area contributed by atoms with Crippen molar-refractivity contribution in [2.24, 2.45) is 5.11 Å². The molecule has 15 N–H and O–H groups in total. The van der Waals surface area contributed by atoms with E-state index in [2.05, 4.69) is 96.2 Å². The Morgan fingerprint density at radius 2 is 0.920 bits per heavy atom. The van der Waals surface area contributed by atoms with Crippen molar-refractivity contribution in [1.29, 1.82) is 0 Å². The zero-order valence-corrected chi connectivity index (χ0v) is 80.3. The average Bonchev–Trinajstić information content (AvgIpc) is 1.56. The number of nitrogens with two attached hydrogens (primary N) is 2. The zero-order valence-electron chi connectivity index (χ0n) is 75.0. The number of hydrogen-bond donors (Lipinski definition) is 13. The Hall–Kier alpha value is -8.49. The van der Waals surface area contributed by atoms with Crippen molar-refractivity contribution in [2.75, 3.05) is 215 Å². The first-order valence-corrected chi connectivity index (χ1v) is 51.7. The van der Waals surface area contributed by atoms with E-state index in [9.17, 15) is 75.7 Å². The minimum absolute atomic E-state index is 0.0423. The molecule has 0 aliphatic carbocycles. The molecule has 0 bridgehead atoms. The van der Waals surface area contributed by atoms with E-state index in [1.807, 2.05) is 53.2 Å². The number of methoxy groups -OCH3 is 1. The van der Waals surface area contributed by atoms with Gasteiger partial charge in [-0.15, -0.1) is 5.10 Å². The van der Waals surface area contributed by atoms with Crippen LogP contribution in [-0.4, -0.2) is 308 Å². The summed E-state index contributed by atoms with van der Waals surface area (Å²) < 4.78 is 173. The first-order valence-electron chi connectivity index (χ1n) is 42.6. The molecule has 5 aromatic rings. The van der Waals surface area contributed by atoms with Gasteiger partial charge in [0.05, 0.1) is 226 Å². The van der Waals surface area contributed by atoms with Crippen molar-refractivity contribution in [3.8, 4) is 46.2 Å². The maximum absolute atomic E-state index is 14.0. The molecule has 0 saturated carbocycles. The number of ether oxygens (including phenoxy) is 14. The molecule has 0 radical (unpaired) electrons. The molecule has 0 spiro atoms. The Bertz CT molecular complexity index is 5300. The number of unbranched alkanes of at least 4 members (excludes halogenated alkanes) is 1. The summed E-state index contributed by atoms with van der Waals surface area (Å²) in [6, 6.07) is 15.6. The minimum atomic E-state index is -5.70. The van der Waals surface area contributed by atoms with Crippen molar-refractivity contribution in [3.63, 3.8) is 0 Å². The van der Waals surface area contributed by atoms with E-state index >= 15 is 0 Å². The topological polar surface area (TPSA) is 758 Å². The van der Waals surface area contributed by atoms with Crippen molar-refractivity contribution in [2.45, 2.75) is 102 Å². The number of nitrogens with one attached hydrogen (secondary N) is 3. The molecule has 3 aliphatic heterocycles. The smallest absolute Gasteiger partial charge is 0.382 e. The van der Waals surface area contributed by atoms with Gasteiger partial charge in [0.1, 0.15) is 29.8 Å². The monoisotopic (exact) mass is 2080 g/mol. The van der Waals surface area contributed by atoms with E-state index in [1.165, 1.54) is 12.4 Å². The number of aromatic nitrogens is 7. The quantitative estimate of drug-likeness (QED) is 0.00664. The molecule has 2 aromatic carbocycles. The minimum Gasteiger partial charge on any atom is -0.382 e. The molecule has 4 amide bonds. The SMILES string of the molecule is COCCOCCOCCOCCNC(=O)CCCCC(=O)N1Cc2ccccc2-c2c(nnn2CCOCCOCCOCCOCCC(=O)NCC#Cc2cn([C@H]3CC[C@@H](COP(=O)(O)OP(=O)(O)OP(=O)(O)O)O3)c(=O)nc2N)-c2ccccc21.[N-]=[N+]=NCCOCCOCCOCCOCCC(=O)NCC#Cc1cn([C@H]2CC[C@@H](COP(=O)(O)OP(=O)(O)OP(=O)(O)O)O2)c(=O)nc1N. The van der Waals surface area contributed by atoms with E-state index < -0.39 is 96.2 Å². The molecular weight excluding hydrogens is 1960 g/mol. The third-order valence-electron chi connectivity index (χ3n) is 18.5. The maximum atomic E-state index is 14.0. The summed E-state index contributed by atoms with van der Waals surface area (Å²) in [5.41, 5.74) is 23.3. The number of hydrogen-bond acceptors (Lipinski definition) is 39. The van der Waals surface area contributed by atoms with Gasteiger partial charge in [0.2, 0.25) is 23.6 Å². The molecule has 3 aliphatic rings. The van der Waals surface area contributed by atoms with E-state index in [-0.39, 0.29) is 144 Å². The molecule has 6 heterocycles. The Kier molecular flexibility index (Phi) is 52.4. The van der Waals surface area contributed by atoms with Crippen LogP contribution >= 0.6 is 46.9 Å². The first kappa shape index (κ1) is 116. The van der Waals surface area contributed by atoms with Crippen molar-refractivity contribution in [3.05, 3.63) is 109 Å². The number of nitrogens with zero attached hydrogens (tertiary/aromatic N) is 11.